The normalized spacial score (nSPS) is 19.3. The molecule has 2 rings (SSSR count). The van der Waals surface area contributed by atoms with E-state index < -0.39 is 0 Å². The maximum Gasteiger partial charge on any atom is 0.251 e. The van der Waals surface area contributed by atoms with E-state index in [9.17, 15) is 9.59 Å². The van der Waals surface area contributed by atoms with Crippen LogP contribution in [0.15, 0.2) is 24.3 Å². The van der Waals surface area contributed by atoms with Crippen LogP contribution < -0.4 is 5.32 Å². The SMILES string of the molecule is CC(C)(C)N1CC(NC(=O)c2cccc(Cl)c2)CC1=O. The van der Waals surface area contributed by atoms with Crippen LogP contribution in [0.2, 0.25) is 5.02 Å². The van der Waals surface area contributed by atoms with E-state index in [0.29, 0.717) is 23.6 Å². The highest BCUT2D eigenvalue weighted by Crippen LogP contribution is 2.22. The van der Waals surface area contributed by atoms with E-state index in [-0.39, 0.29) is 23.4 Å². The van der Waals surface area contributed by atoms with Gasteiger partial charge in [0, 0.05) is 29.1 Å². The van der Waals surface area contributed by atoms with Crippen molar-refractivity contribution in [2.24, 2.45) is 0 Å². The minimum atomic E-state index is -0.216. The van der Waals surface area contributed by atoms with E-state index in [1.807, 2.05) is 20.8 Å². The van der Waals surface area contributed by atoms with Gasteiger partial charge in [-0.3, -0.25) is 9.59 Å². The van der Waals surface area contributed by atoms with Crippen molar-refractivity contribution in [2.45, 2.75) is 38.8 Å². The lowest BCUT2D eigenvalue weighted by molar-refractivity contribution is -0.131. The largest absolute Gasteiger partial charge is 0.347 e. The number of hydrogen-bond donors (Lipinski definition) is 1. The number of carbonyl (C=O) groups is 2. The van der Waals surface area contributed by atoms with Crippen LogP contribution >= 0.6 is 11.6 Å². The van der Waals surface area contributed by atoms with Crippen LogP contribution in [0.3, 0.4) is 0 Å². The number of nitrogens with one attached hydrogen (secondary N) is 1. The maximum atomic E-state index is 12.1. The minimum Gasteiger partial charge on any atom is -0.347 e. The zero-order chi connectivity index (χ0) is 14.9. The summed E-state index contributed by atoms with van der Waals surface area (Å²) >= 11 is 5.87. The number of amides is 2. The van der Waals surface area contributed by atoms with Crippen molar-refractivity contribution >= 4 is 23.4 Å². The number of rotatable bonds is 2. The second kappa shape index (κ2) is 5.44. The van der Waals surface area contributed by atoms with Gasteiger partial charge < -0.3 is 10.2 Å². The Morgan fingerprint density at radius 1 is 1.40 bits per heavy atom. The molecule has 5 heteroatoms. The molecule has 1 unspecified atom stereocenters. The fourth-order valence-electron chi connectivity index (χ4n) is 2.35. The molecule has 0 bridgehead atoms. The molecule has 1 N–H and O–H groups in total. The highest BCUT2D eigenvalue weighted by Gasteiger charge is 2.36. The van der Waals surface area contributed by atoms with E-state index >= 15 is 0 Å². The van der Waals surface area contributed by atoms with Gasteiger partial charge in [-0.05, 0) is 39.0 Å². The Morgan fingerprint density at radius 2 is 2.10 bits per heavy atom. The molecule has 1 aliphatic heterocycles. The van der Waals surface area contributed by atoms with Crippen molar-refractivity contribution in [3.05, 3.63) is 34.9 Å². The lowest BCUT2D eigenvalue weighted by atomic mass is 10.1. The second-order valence-electron chi connectivity index (χ2n) is 6.06. The molecule has 0 saturated carbocycles. The van der Waals surface area contributed by atoms with Crippen LogP contribution in [0.5, 0.6) is 0 Å². The van der Waals surface area contributed by atoms with Gasteiger partial charge >= 0.3 is 0 Å². The molecule has 4 nitrogen and oxygen atoms in total. The molecule has 1 fully saturated rings. The van der Waals surface area contributed by atoms with Crippen LogP contribution in [-0.4, -0.2) is 34.8 Å². The third-order valence-electron chi connectivity index (χ3n) is 3.36. The van der Waals surface area contributed by atoms with Gasteiger partial charge in [0.15, 0.2) is 0 Å². The molecule has 1 aliphatic rings. The number of likely N-dealkylation sites (tertiary alicyclic amines) is 1. The van der Waals surface area contributed by atoms with Crippen LogP contribution in [-0.2, 0) is 4.79 Å². The number of carbonyl (C=O) groups excluding carboxylic acids is 2. The summed E-state index contributed by atoms with van der Waals surface area (Å²) in [5.74, 6) is -0.116. The summed E-state index contributed by atoms with van der Waals surface area (Å²) in [4.78, 5) is 25.9. The Labute approximate surface area is 124 Å². The van der Waals surface area contributed by atoms with E-state index in [2.05, 4.69) is 5.32 Å². The maximum absolute atomic E-state index is 12.1. The third kappa shape index (κ3) is 3.31. The van der Waals surface area contributed by atoms with Gasteiger partial charge in [-0.2, -0.15) is 0 Å². The Bertz CT molecular complexity index is 537. The molecule has 2 amide bonds. The average molecular weight is 295 g/mol. The summed E-state index contributed by atoms with van der Waals surface area (Å²) in [5.41, 5.74) is 0.297. The molecular weight excluding hydrogens is 276 g/mol. The molecular formula is C15H19ClN2O2. The summed E-state index contributed by atoms with van der Waals surface area (Å²) in [6.07, 6.45) is 0.351. The Morgan fingerprint density at radius 3 is 2.65 bits per heavy atom. The van der Waals surface area contributed by atoms with Crippen molar-refractivity contribution in [1.29, 1.82) is 0 Å². The van der Waals surface area contributed by atoms with Crippen molar-refractivity contribution in [2.75, 3.05) is 6.54 Å². The summed E-state index contributed by atoms with van der Waals surface area (Å²) in [6.45, 7) is 6.53. The molecule has 20 heavy (non-hydrogen) atoms. The molecule has 1 atom stereocenters. The first kappa shape index (κ1) is 14.9. The minimum absolute atomic E-state index is 0.0777. The van der Waals surface area contributed by atoms with Gasteiger partial charge in [0.2, 0.25) is 5.91 Å². The topological polar surface area (TPSA) is 49.4 Å². The first-order valence-electron chi connectivity index (χ1n) is 6.64. The van der Waals surface area contributed by atoms with Crippen molar-refractivity contribution in [3.8, 4) is 0 Å². The van der Waals surface area contributed by atoms with E-state index in [0.717, 1.165) is 0 Å². The van der Waals surface area contributed by atoms with Crippen molar-refractivity contribution in [1.82, 2.24) is 10.2 Å². The van der Waals surface area contributed by atoms with Crippen LogP contribution in [0, 0.1) is 0 Å². The van der Waals surface area contributed by atoms with Crippen LogP contribution in [0.1, 0.15) is 37.6 Å². The van der Waals surface area contributed by atoms with E-state index in [4.69, 9.17) is 11.6 Å². The molecule has 0 aromatic heterocycles. The van der Waals surface area contributed by atoms with Gasteiger partial charge in [-0.15, -0.1) is 0 Å². The highest BCUT2D eigenvalue weighted by atomic mass is 35.5. The molecule has 1 aromatic carbocycles. The van der Waals surface area contributed by atoms with Gasteiger partial charge in [0.25, 0.3) is 5.91 Å². The zero-order valence-electron chi connectivity index (χ0n) is 11.9. The first-order valence-corrected chi connectivity index (χ1v) is 7.02. The molecule has 108 valence electrons. The first-order chi connectivity index (χ1) is 9.27. The van der Waals surface area contributed by atoms with Gasteiger partial charge in [0.05, 0.1) is 6.04 Å². The summed E-state index contributed by atoms with van der Waals surface area (Å²) in [7, 11) is 0. The lowest BCUT2D eigenvalue weighted by Crippen LogP contribution is -2.44. The predicted molar refractivity (Wildman–Crippen MR) is 78.8 cm³/mol. The van der Waals surface area contributed by atoms with Gasteiger partial charge in [-0.1, -0.05) is 17.7 Å². The summed E-state index contributed by atoms with van der Waals surface area (Å²) in [5, 5.41) is 3.42. The smallest absolute Gasteiger partial charge is 0.251 e. The number of halogens is 1. The summed E-state index contributed by atoms with van der Waals surface area (Å²) < 4.78 is 0. The fourth-order valence-corrected chi connectivity index (χ4v) is 2.54. The lowest BCUT2D eigenvalue weighted by Gasteiger charge is -2.32. The number of nitrogens with zero attached hydrogens (tertiary/aromatic N) is 1. The van der Waals surface area contributed by atoms with Gasteiger partial charge in [-0.25, -0.2) is 0 Å². The quantitative estimate of drug-likeness (QED) is 0.911. The molecule has 0 spiro atoms. The Balaban J connectivity index is 2.02. The predicted octanol–water partition coefficient (Wildman–Crippen LogP) is 2.47. The number of hydrogen-bond acceptors (Lipinski definition) is 2. The molecule has 1 saturated heterocycles. The molecule has 0 radical (unpaired) electrons. The standard InChI is InChI=1S/C15H19ClN2O2/c1-15(2,3)18-9-12(8-13(18)19)17-14(20)10-5-4-6-11(16)7-10/h4-7,12H,8-9H2,1-3H3,(H,17,20). The van der Waals surface area contributed by atoms with Crippen LogP contribution in [0.25, 0.3) is 0 Å². The second-order valence-corrected chi connectivity index (χ2v) is 6.50. The summed E-state index contributed by atoms with van der Waals surface area (Å²) in [6, 6.07) is 6.64. The van der Waals surface area contributed by atoms with Crippen LogP contribution in [0.4, 0.5) is 0 Å². The van der Waals surface area contributed by atoms with Crippen molar-refractivity contribution < 1.29 is 9.59 Å². The molecule has 1 aromatic rings. The zero-order valence-corrected chi connectivity index (χ0v) is 12.7. The Hall–Kier alpha value is -1.55. The van der Waals surface area contributed by atoms with Crippen molar-refractivity contribution in [3.63, 3.8) is 0 Å². The molecule has 1 heterocycles. The average Bonchev–Trinajstić information content (AvgIpc) is 2.70. The monoisotopic (exact) mass is 294 g/mol. The van der Waals surface area contributed by atoms with Gasteiger partial charge in [0.1, 0.15) is 0 Å². The fraction of sp³-hybridized carbons (Fsp3) is 0.467. The number of benzene rings is 1. The Kier molecular flexibility index (Phi) is 4.04. The van der Waals surface area contributed by atoms with E-state index in [1.165, 1.54) is 0 Å². The van der Waals surface area contributed by atoms with E-state index in [1.54, 1.807) is 29.2 Å². The highest BCUT2D eigenvalue weighted by molar-refractivity contribution is 6.30. The molecule has 0 aliphatic carbocycles. The third-order valence-corrected chi connectivity index (χ3v) is 3.59.